The number of carbonyl (C=O) groups excluding carboxylic acids is 1. The average Bonchev–Trinajstić information content (AvgIpc) is 2.52. The molecule has 1 aromatic heterocycles. The predicted octanol–water partition coefficient (Wildman–Crippen LogP) is 1.75. The summed E-state index contributed by atoms with van der Waals surface area (Å²) in [5.41, 5.74) is 0.951. The van der Waals surface area contributed by atoms with Crippen molar-refractivity contribution in [3.05, 3.63) is 65.7 Å². The largest absolute Gasteiger partial charge is 0.394 e. The van der Waals surface area contributed by atoms with Gasteiger partial charge in [0, 0.05) is 6.20 Å². The zero-order chi connectivity index (χ0) is 15.1. The van der Waals surface area contributed by atoms with E-state index in [2.05, 4.69) is 15.6 Å². The molecular formula is C15H16FN3O2. The number of pyridine rings is 1. The van der Waals surface area contributed by atoms with Crippen LogP contribution in [0.1, 0.15) is 17.3 Å². The molecule has 0 radical (unpaired) electrons. The van der Waals surface area contributed by atoms with E-state index in [4.69, 9.17) is 0 Å². The number of nitrogens with zero attached hydrogens (tertiary/aromatic N) is 1. The number of aromatic nitrogens is 1. The van der Waals surface area contributed by atoms with Gasteiger partial charge in [-0.15, -0.1) is 0 Å². The van der Waals surface area contributed by atoms with Crippen LogP contribution in [-0.2, 0) is 6.54 Å². The van der Waals surface area contributed by atoms with Gasteiger partial charge in [-0.05, 0) is 17.7 Å². The number of carbonyl (C=O) groups is 1. The number of rotatable bonds is 5. The molecule has 1 atom stereocenters. The molecule has 110 valence electrons. The van der Waals surface area contributed by atoms with Gasteiger partial charge in [-0.3, -0.25) is 4.98 Å². The van der Waals surface area contributed by atoms with E-state index in [1.54, 1.807) is 12.1 Å². The highest BCUT2D eigenvalue weighted by Crippen LogP contribution is 2.11. The number of halogens is 1. The van der Waals surface area contributed by atoms with Crippen LogP contribution in [0.25, 0.3) is 0 Å². The molecule has 0 aliphatic rings. The Morgan fingerprint density at radius 1 is 1.24 bits per heavy atom. The summed E-state index contributed by atoms with van der Waals surface area (Å²) in [4.78, 5) is 15.6. The molecule has 1 unspecified atom stereocenters. The minimum atomic E-state index is -0.514. The van der Waals surface area contributed by atoms with Crippen molar-refractivity contribution in [2.75, 3.05) is 6.61 Å². The van der Waals surface area contributed by atoms with E-state index in [9.17, 15) is 14.3 Å². The number of hydrogen-bond acceptors (Lipinski definition) is 3. The third-order valence-electron chi connectivity index (χ3n) is 2.94. The van der Waals surface area contributed by atoms with Crippen LogP contribution in [0.2, 0.25) is 0 Å². The zero-order valence-electron chi connectivity index (χ0n) is 11.3. The van der Waals surface area contributed by atoms with E-state index in [1.807, 2.05) is 18.2 Å². The van der Waals surface area contributed by atoms with Gasteiger partial charge < -0.3 is 15.7 Å². The smallest absolute Gasteiger partial charge is 0.315 e. The Balaban J connectivity index is 1.90. The van der Waals surface area contributed by atoms with E-state index in [0.29, 0.717) is 0 Å². The summed E-state index contributed by atoms with van der Waals surface area (Å²) in [5.74, 6) is -0.473. The molecule has 1 aromatic carbocycles. The first-order valence-corrected chi connectivity index (χ1v) is 6.50. The van der Waals surface area contributed by atoms with E-state index < -0.39 is 17.9 Å². The highest BCUT2D eigenvalue weighted by molar-refractivity contribution is 5.74. The Kier molecular flexibility index (Phi) is 5.22. The number of aliphatic hydroxyl groups is 1. The van der Waals surface area contributed by atoms with Crippen LogP contribution in [0.5, 0.6) is 0 Å². The van der Waals surface area contributed by atoms with Crippen molar-refractivity contribution in [3.63, 3.8) is 0 Å². The molecule has 0 spiro atoms. The van der Waals surface area contributed by atoms with Crippen molar-refractivity contribution in [2.24, 2.45) is 0 Å². The Morgan fingerprint density at radius 3 is 2.67 bits per heavy atom. The standard InChI is InChI=1S/C15H16FN3O2/c16-12-7-4-8-17-13(12)9-18-15(21)19-14(10-20)11-5-2-1-3-6-11/h1-8,14,20H,9-10H2,(H2,18,19,21). The van der Waals surface area contributed by atoms with Gasteiger partial charge in [0.05, 0.1) is 24.9 Å². The second-order valence-corrected chi connectivity index (χ2v) is 4.40. The molecule has 0 aliphatic carbocycles. The molecule has 1 heterocycles. The van der Waals surface area contributed by atoms with Gasteiger partial charge >= 0.3 is 6.03 Å². The number of aliphatic hydroxyl groups excluding tert-OH is 1. The maximum Gasteiger partial charge on any atom is 0.315 e. The third-order valence-corrected chi connectivity index (χ3v) is 2.94. The van der Waals surface area contributed by atoms with Crippen LogP contribution < -0.4 is 10.6 Å². The maximum atomic E-state index is 13.4. The van der Waals surface area contributed by atoms with Gasteiger partial charge in [0.2, 0.25) is 0 Å². The molecule has 21 heavy (non-hydrogen) atoms. The monoisotopic (exact) mass is 289 g/mol. The Labute approximate surface area is 121 Å². The summed E-state index contributed by atoms with van der Waals surface area (Å²) in [7, 11) is 0. The molecule has 2 rings (SSSR count). The average molecular weight is 289 g/mol. The molecule has 0 saturated carbocycles. The van der Waals surface area contributed by atoms with Crippen molar-refractivity contribution in [1.29, 1.82) is 0 Å². The van der Waals surface area contributed by atoms with Crippen molar-refractivity contribution >= 4 is 6.03 Å². The van der Waals surface area contributed by atoms with Gasteiger partial charge in [-0.25, -0.2) is 9.18 Å². The number of amides is 2. The van der Waals surface area contributed by atoms with E-state index in [1.165, 1.54) is 18.3 Å². The van der Waals surface area contributed by atoms with E-state index in [-0.39, 0.29) is 18.8 Å². The number of nitrogens with one attached hydrogen (secondary N) is 2. The highest BCUT2D eigenvalue weighted by Gasteiger charge is 2.13. The lowest BCUT2D eigenvalue weighted by Crippen LogP contribution is -2.39. The van der Waals surface area contributed by atoms with Gasteiger partial charge in [-0.2, -0.15) is 0 Å². The minimum Gasteiger partial charge on any atom is -0.394 e. The number of benzene rings is 1. The van der Waals surface area contributed by atoms with Crippen LogP contribution >= 0.6 is 0 Å². The number of hydrogen-bond donors (Lipinski definition) is 3. The molecule has 5 nitrogen and oxygen atoms in total. The molecule has 0 fully saturated rings. The van der Waals surface area contributed by atoms with Gasteiger partial charge in [0.1, 0.15) is 5.82 Å². The van der Waals surface area contributed by atoms with Crippen LogP contribution in [0.4, 0.5) is 9.18 Å². The summed E-state index contributed by atoms with van der Waals surface area (Å²) in [6, 6.07) is 10.9. The maximum absolute atomic E-state index is 13.4. The lowest BCUT2D eigenvalue weighted by molar-refractivity contribution is 0.216. The quantitative estimate of drug-likeness (QED) is 0.785. The van der Waals surface area contributed by atoms with Gasteiger partial charge in [0.15, 0.2) is 0 Å². The topological polar surface area (TPSA) is 74.2 Å². The Bertz CT molecular complexity index is 592. The van der Waals surface area contributed by atoms with E-state index in [0.717, 1.165) is 5.56 Å². The molecule has 2 aromatic rings. The fraction of sp³-hybridized carbons (Fsp3) is 0.200. The molecular weight excluding hydrogens is 273 g/mol. The summed E-state index contributed by atoms with van der Waals surface area (Å²) < 4.78 is 13.4. The summed E-state index contributed by atoms with van der Waals surface area (Å²) in [6.45, 7) is -0.249. The Hall–Kier alpha value is -2.47. The van der Waals surface area contributed by atoms with Gasteiger partial charge in [-0.1, -0.05) is 30.3 Å². The molecule has 2 amide bonds. The lowest BCUT2D eigenvalue weighted by Gasteiger charge is -2.17. The fourth-order valence-electron chi connectivity index (χ4n) is 1.84. The molecule has 0 bridgehead atoms. The first-order valence-electron chi connectivity index (χ1n) is 6.50. The second kappa shape index (κ2) is 7.35. The zero-order valence-corrected chi connectivity index (χ0v) is 11.3. The summed E-state index contributed by atoms with van der Waals surface area (Å²) in [5, 5.41) is 14.5. The van der Waals surface area contributed by atoms with Crippen LogP contribution in [0, 0.1) is 5.82 Å². The first kappa shape index (κ1) is 14.9. The second-order valence-electron chi connectivity index (χ2n) is 4.40. The first-order chi connectivity index (χ1) is 10.2. The van der Waals surface area contributed by atoms with Crippen molar-refractivity contribution in [3.8, 4) is 0 Å². The fourth-order valence-corrected chi connectivity index (χ4v) is 1.84. The summed E-state index contributed by atoms with van der Waals surface area (Å²) in [6.07, 6.45) is 1.46. The van der Waals surface area contributed by atoms with Crippen LogP contribution in [-0.4, -0.2) is 22.7 Å². The third kappa shape index (κ3) is 4.25. The molecule has 0 aliphatic heterocycles. The molecule has 3 N–H and O–H groups in total. The SMILES string of the molecule is O=C(NCc1ncccc1F)NC(CO)c1ccccc1. The Morgan fingerprint density at radius 2 is 2.00 bits per heavy atom. The number of urea groups is 1. The van der Waals surface area contributed by atoms with Gasteiger partial charge in [0.25, 0.3) is 0 Å². The normalized spacial score (nSPS) is 11.7. The minimum absolute atomic E-state index is 0.0224. The van der Waals surface area contributed by atoms with Crippen molar-refractivity contribution < 1.29 is 14.3 Å². The van der Waals surface area contributed by atoms with Crippen LogP contribution in [0.3, 0.4) is 0 Å². The van der Waals surface area contributed by atoms with Crippen molar-refractivity contribution in [2.45, 2.75) is 12.6 Å². The molecule has 0 saturated heterocycles. The lowest BCUT2D eigenvalue weighted by atomic mass is 10.1. The molecule has 6 heteroatoms. The predicted molar refractivity (Wildman–Crippen MR) is 75.8 cm³/mol. The van der Waals surface area contributed by atoms with Crippen molar-refractivity contribution in [1.82, 2.24) is 15.6 Å². The summed E-state index contributed by atoms with van der Waals surface area (Å²) >= 11 is 0. The highest BCUT2D eigenvalue weighted by atomic mass is 19.1. The van der Waals surface area contributed by atoms with Crippen LogP contribution in [0.15, 0.2) is 48.7 Å². The van der Waals surface area contributed by atoms with E-state index >= 15 is 0 Å².